The van der Waals surface area contributed by atoms with Gasteiger partial charge in [-0.25, -0.2) is 9.97 Å². The minimum atomic E-state index is -0.143. The maximum atomic E-state index is 12.3. The highest BCUT2D eigenvalue weighted by molar-refractivity contribution is 7.18. The molecule has 0 radical (unpaired) electrons. The van der Waals surface area contributed by atoms with Crippen LogP contribution < -0.4 is 15.6 Å². The lowest BCUT2D eigenvalue weighted by molar-refractivity contribution is -0.121. The van der Waals surface area contributed by atoms with Gasteiger partial charge in [0.1, 0.15) is 10.7 Å². The summed E-state index contributed by atoms with van der Waals surface area (Å²) in [6.45, 7) is 6.86. The van der Waals surface area contributed by atoms with E-state index < -0.39 is 0 Å². The van der Waals surface area contributed by atoms with E-state index in [4.69, 9.17) is 4.74 Å². The van der Waals surface area contributed by atoms with Crippen LogP contribution in [0, 0.1) is 13.8 Å². The summed E-state index contributed by atoms with van der Waals surface area (Å²) in [7, 11) is 0. The van der Waals surface area contributed by atoms with E-state index in [1.807, 2.05) is 32.9 Å². The number of fused-ring (bicyclic) bond motifs is 1. The number of nitrogens with one attached hydrogen (secondary N) is 2. The second kappa shape index (κ2) is 8.97. The summed E-state index contributed by atoms with van der Waals surface area (Å²) < 4.78 is 5.60. The number of hydrogen-bond acceptors (Lipinski definition) is 6. The quantitative estimate of drug-likeness (QED) is 0.606. The molecule has 0 bridgehead atoms. The van der Waals surface area contributed by atoms with Crippen LogP contribution in [0.4, 0.5) is 0 Å². The lowest BCUT2D eigenvalue weighted by Crippen LogP contribution is -2.24. The number of aryl methyl sites for hydroxylation is 3. The summed E-state index contributed by atoms with van der Waals surface area (Å²) in [5.74, 6) is 0.957. The smallest absolute Gasteiger partial charge is 0.259 e. The van der Waals surface area contributed by atoms with Crippen molar-refractivity contribution in [3.8, 4) is 5.88 Å². The average Bonchev–Trinajstić information content (AvgIpc) is 2.97. The number of aromatic amines is 1. The lowest BCUT2D eigenvalue weighted by Gasteiger charge is -2.10. The number of rotatable bonds is 8. The number of carbonyl (C=O) groups is 1. The Morgan fingerprint density at radius 1 is 1.36 bits per heavy atom. The topological polar surface area (TPSA) is 97.0 Å². The summed E-state index contributed by atoms with van der Waals surface area (Å²) in [5.41, 5.74) is 1.66. The first-order valence-corrected chi connectivity index (χ1v) is 10.1. The molecule has 0 atom stereocenters. The largest absolute Gasteiger partial charge is 0.477 e. The highest BCUT2D eigenvalue weighted by Gasteiger charge is 2.13. The molecule has 0 aromatic carbocycles. The fourth-order valence-electron chi connectivity index (χ4n) is 2.82. The van der Waals surface area contributed by atoms with Crippen LogP contribution in [-0.4, -0.2) is 27.5 Å². The molecule has 0 unspecified atom stereocenters. The molecule has 0 aliphatic carbocycles. The van der Waals surface area contributed by atoms with Crippen molar-refractivity contribution in [1.82, 2.24) is 20.3 Å². The molecule has 28 heavy (non-hydrogen) atoms. The zero-order valence-electron chi connectivity index (χ0n) is 16.3. The first kappa shape index (κ1) is 20.0. The van der Waals surface area contributed by atoms with Crippen molar-refractivity contribution in [2.75, 3.05) is 6.61 Å². The first-order chi connectivity index (χ1) is 13.5. The van der Waals surface area contributed by atoms with Gasteiger partial charge in [-0.05, 0) is 31.9 Å². The van der Waals surface area contributed by atoms with Crippen LogP contribution in [0.25, 0.3) is 10.2 Å². The van der Waals surface area contributed by atoms with Crippen molar-refractivity contribution in [2.24, 2.45) is 0 Å². The lowest BCUT2D eigenvalue weighted by atomic mass is 10.2. The molecule has 0 fully saturated rings. The highest BCUT2D eigenvalue weighted by atomic mass is 32.1. The molecule has 3 aromatic heterocycles. The maximum Gasteiger partial charge on any atom is 0.259 e. The predicted molar refractivity (Wildman–Crippen MR) is 110 cm³/mol. The van der Waals surface area contributed by atoms with Crippen molar-refractivity contribution >= 4 is 27.5 Å². The Morgan fingerprint density at radius 2 is 2.18 bits per heavy atom. The van der Waals surface area contributed by atoms with Gasteiger partial charge < -0.3 is 15.0 Å². The molecule has 3 aromatic rings. The molecule has 2 N–H and O–H groups in total. The summed E-state index contributed by atoms with van der Waals surface area (Å²) in [6.07, 6.45) is 3.17. The van der Waals surface area contributed by atoms with Crippen LogP contribution in [0.15, 0.2) is 23.1 Å². The van der Waals surface area contributed by atoms with E-state index in [-0.39, 0.29) is 17.9 Å². The molecular weight excluding hydrogens is 376 g/mol. The van der Waals surface area contributed by atoms with Crippen molar-refractivity contribution in [3.05, 3.63) is 50.5 Å². The highest BCUT2D eigenvalue weighted by Crippen LogP contribution is 2.25. The van der Waals surface area contributed by atoms with E-state index in [1.165, 1.54) is 11.3 Å². The minimum Gasteiger partial charge on any atom is -0.477 e. The van der Waals surface area contributed by atoms with Crippen LogP contribution in [-0.2, 0) is 17.8 Å². The SMILES string of the molecule is CCCOc1ncccc1CNC(=O)CCc1nc2sc(C)c(C)c2c(=O)[nH]1. The monoisotopic (exact) mass is 400 g/mol. The summed E-state index contributed by atoms with van der Waals surface area (Å²) in [4.78, 5) is 37.9. The minimum absolute atomic E-state index is 0.119. The molecule has 3 heterocycles. The van der Waals surface area contributed by atoms with Gasteiger partial charge in [-0.15, -0.1) is 11.3 Å². The Hall–Kier alpha value is -2.74. The molecule has 0 saturated heterocycles. The number of nitrogens with zero attached hydrogens (tertiary/aromatic N) is 2. The Morgan fingerprint density at radius 3 is 2.96 bits per heavy atom. The second-order valence-electron chi connectivity index (χ2n) is 6.57. The van der Waals surface area contributed by atoms with Gasteiger partial charge in [-0.2, -0.15) is 0 Å². The molecule has 148 valence electrons. The molecule has 0 spiro atoms. The van der Waals surface area contributed by atoms with Gasteiger partial charge in [0, 0.05) is 36.0 Å². The standard InChI is InChI=1S/C20H24N4O3S/c1-4-10-27-19-14(6-5-9-21-19)11-22-16(25)8-7-15-23-18(26)17-12(2)13(3)28-20(17)24-15/h5-6,9H,4,7-8,10-11H2,1-3H3,(H,22,25)(H,23,24,26). The Labute approximate surface area is 167 Å². The Balaban J connectivity index is 1.59. The van der Waals surface area contributed by atoms with Gasteiger partial charge in [0.15, 0.2) is 0 Å². The number of hydrogen-bond donors (Lipinski definition) is 2. The molecule has 7 nitrogen and oxygen atoms in total. The van der Waals surface area contributed by atoms with E-state index in [9.17, 15) is 9.59 Å². The number of carbonyl (C=O) groups excluding carboxylic acids is 1. The van der Waals surface area contributed by atoms with Crippen LogP contribution >= 0.6 is 11.3 Å². The Kier molecular flexibility index (Phi) is 6.41. The van der Waals surface area contributed by atoms with Crippen molar-refractivity contribution in [3.63, 3.8) is 0 Å². The number of aromatic nitrogens is 3. The molecule has 0 aliphatic rings. The summed E-state index contributed by atoms with van der Waals surface area (Å²) in [6, 6.07) is 3.70. The third-order valence-electron chi connectivity index (χ3n) is 4.45. The normalized spacial score (nSPS) is 11.0. The molecule has 3 rings (SSSR count). The van der Waals surface area contributed by atoms with Crippen LogP contribution in [0.2, 0.25) is 0 Å². The summed E-state index contributed by atoms with van der Waals surface area (Å²) in [5, 5.41) is 3.52. The fourth-order valence-corrected chi connectivity index (χ4v) is 3.87. The van der Waals surface area contributed by atoms with Crippen LogP contribution in [0.5, 0.6) is 5.88 Å². The summed E-state index contributed by atoms with van der Waals surface area (Å²) >= 11 is 1.50. The van der Waals surface area contributed by atoms with E-state index in [0.29, 0.717) is 36.7 Å². The van der Waals surface area contributed by atoms with Gasteiger partial charge in [0.2, 0.25) is 11.8 Å². The van der Waals surface area contributed by atoms with Crippen molar-refractivity contribution < 1.29 is 9.53 Å². The third-order valence-corrected chi connectivity index (χ3v) is 5.55. The van der Waals surface area contributed by atoms with Crippen molar-refractivity contribution in [1.29, 1.82) is 0 Å². The molecular formula is C20H24N4O3S. The van der Waals surface area contributed by atoms with Crippen LogP contribution in [0.1, 0.15) is 41.6 Å². The van der Waals surface area contributed by atoms with Gasteiger partial charge in [0.25, 0.3) is 5.56 Å². The van der Waals surface area contributed by atoms with E-state index >= 15 is 0 Å². The molecule has 0 aliphatic heterocycles. The van der Waals surface area contributed by atoms with E-state index in [0.717, 1.165) is 27.3 Å². The molecule has 1 amide bonds. The molecule has 0 saturated carbocycles. The number of ether oxygens (including phenoxy) is 1. The van der Waals surface area contributed by atoms with E-state index in [1.54, 1.807) is 6.20 Å². The molecule has 8 heteroatoms. The third kappa shape index (κ3) is 4.56. The zero-order chi connectivity index (χ0) is 20.1. The zero-order valence-corrected chi connectivity index (χ0v) is 17.1. The van der Waals surface area contributed by atoms with Gasteiger partial charge in [0.05, 0.1) is 12.0 Å². The first-order valence-electron chi connectivity index (χ1n) is 9.31. The van der Waals surface area contributed by atoms with Gasteiger partial charge in [-0.1, -0.05) is 13.0 Å². The number of H-pyrrole nitrogens is 1. The number of pyridine rings is 1. The number of thiophene rings is 1. The predicted octanol–water partition coefficient (Wildman–Crippen LogP) is 3.03. The van der Waals surface area contributed by atoms with Gasteiger partial charge >= 0.3 is 0 Å². The van der Waals surface area contributed by atoms with Gasteiger partial charge in [-0.3, -0.25) is 9.59 Å². The maximum absolute atomic E-state index is 12.3. The van der Waals surface area contributed by atoms with Crippen LogP contribution in [0.3, 0.4) is 0 Å². The fraction of sp³-hybridized carbons (Fsp3) is 0.400. The average molecular weight is 401 g/mol. The van der Waals surface area contributed by atoms with Crippen molar-refractivity contribution in [2.45, 2.75) is 46.6 Å². The van der Waals surface area contributed by atoms with E-state index in [2.05, 4.69) is 20.3 Å². The number of amides is 1. The second-order valence-corrected chi connectivity index (χ2v) is 7.77. The Bertz CT molecular complexity index is 1040.